The fourth-order valence-electron chi connectivity index (χ4n) is 2.75. The predicted molar refractivity (Wildman–Crippen MR) is 58.7 cm³/mol. The molecule has 2 atom stereocenters. The Morgan fingerprint density at radius 2 is 1.31 bits per heavy atom. The van der Waals surface area contributed by atoms with Crippen LogP contribution in [0.4, 0.5) is 0 Å². The van der Waals surface area contributed by atoms with Gasteiger partial charge in [0, 0.05) is 0 Å². The maximum absolute atomic E-state index is 11.7. The zero-order chi connectivity index (χ0) is 12.4. The van der Waals surface area contributed by atoms with Crippen molar-refractivity contribution in [1.29, 1.82) is 0 Å². The molecule has 0 aromatic rings. The Morgan fingerprint density at radius 3 is 1.62 bits per heavy atom. The second-order valence-corrected chi connectivity index (χ2v) is 5.13. The lowest BCUT2D eigenvalue weighted by Gasteiger charge is -2.40. The number of carbonyl (C=O) groups is 2. The molecule has 0 bridgehead atoms. The van der Waals surface area contributed by atoms with Crippen molar-refractivity contribution in [2.45, 2.75) is 39.5 Å². The fraction of sp³-hybridized carbons (Fsp3) is 0.833. The Balaban J connectivity index is 2.88. The van der Waals surface area contributed by atoms with Crippen molar-refractivity contribution in [3.63, 3.8) is 0 Å². The molecule has 1 rings (SSSR count). The number of hydrogen-bond donors (Lipinski definition) is 0. The van der Waals surface area contributed by atoms with E-state index in [4.69, 9.17) is 9.47 Å². The molecule has 0 heterocycles. The molecule has 1 saturated carbocycles. The average molecular weight is 228 g/mol. The van der Waals surface area contributed by atoms with E-state index < -0.39 is 10.8 Å². The number of methoxy groups -OCH3 is 2. The molecule has 2 unspecified atom stereocenters. The molecule has 0 N–H and O–H groups in total. The molecule has 0 spiro atoms. The molecule has 92 valence electrons. The molecule has 4 nitrogen and oxygen atoms in total. The summed E-state index contributed by atoms with van der Waals surface area (Å²) in [6.07, 6.45) is 2.88. The van der Waals surface area contributed by atoms with Crippen LogP contribution in [-0.4, -0.2) is 26.2 Å². The van der Waals surface area contributed by atoms with E-state index in [1.54, 1.807) is 0 Å². The lowest BCUT2D eigenvalue weighted by atomic mass is 9.63. The Bertz CT molecular complexity index is 271. The SMILES string of the molecule is COC(=O)C1(C)CCCC(C)(C(=O)OC)C1. The largest absolute Gasteiger partial charge is 0.469 e. The quantitative estimate of drug-likeness (QED) is 0.677. The van der Waals surface area contributed by atoms with Crippen LogP contribution in [0, 0.1) is 10.8 Å². The normalized spacial score (nSPS) is 34.2. The van der Waals surface area contributed by atoms with Crippen molar-refractivity contribution in [3.05, 3.63) is 0 Å². The number of esters is 2. The monoisotopic (exact) mass is 228 g/mol. The van der Waals surface area contributed by atoms with Crippen LogP contribution in [0.3, 0.4) is 0 Å². The second kappa shape index (κ2) is 4.44. The first-order valence-corrected chi connectivity index (χ1v) is 5.55. The Labute approximate surface area is 96.3 Å². The van der Waals surface area contributed by atoms with Gasteiger partial charge in [-0.1, -0.05) is 6.42 Å². The molecule has 0 radical (unpaired) electrons. The van der Waals surface area contributed by atoms with Gasteiger partial charge in [0.1, 0.15) is 0 Å². The van der Waals surface area contributed by atoms with Crippen molar-refractivity contribution in [3.8, 4) is 0 Å². The van der Waals surface area contributed by atoms with Crippen LogP contribution in [0.2, 0.25) is 0 Å². The van der Waals surface area contributed by atoms with Crippen LogP contribution in [0.25, 0.3) is 0 Å². The first-order valence-electron chi connectivity index (χ1n) is 5.55. The highest BCUT2D eigenvalue weighted by atomic mass is 16.5. The third-order valence-electron chi connectivity index (χ3n) is 3.59. The average Bonchev–Trinajstić information content (AvgIpc) is 2.26. The maximum atomic E-state index is 11.7. The highest BCUT2D eigenvalue weighted by molar-refractivity contribution is 5.81. The molecule has 1 fully saturated rings. The smallest absolute Gasteiger partial charge is 0.311 e. The number of hydrogen-bond acceptors (Lipinski definition) is 4. The second-order valence-electron chi connectivity index (χ2n) is 5.13. The van der Waals surface area contributed by atoms with Gasteiger partial charge in [0.15, 0.2) is 0 Å². The van der Waals surface area contributed by atoms with Crippen LogP contribution in [0.5, 0.6) is 0 Å². The van der Waals surface area contributed by atoms with E-state index in [1.807, 2.05) is 13.8 Å². The number of rotatable bonds is 2. The topological polar surface area (TPSA) is 52.6 Å². The van der Waals surface area contributed by atoms with Crippen LogP contribution < -0.4 is 0 Å². The molecular weight excluding hydrogens is 208 g/mol. The van der Waals surface area contributed by atoms with Crippen LogP contribution in [-0.2, 0) is 19.1 Å². The molecule has 0 aromatic heterocycles. The van der Waals surface area contributed by atoms with Gasteiger partial charge in [0.2, 0.25) is 0 Å². The van der Waals surface area contributed by atoms with Gasteiger partial charge in [0.05, 0.1) is 25.0 Å². The van der Waals surface area contributed by atoms with Crippen LogP contribution >= 0.6 is 0 Å². The third kappa shape index (κ3) is 2.20. The van der Waals surface area contributed by atoms with Gasteiger partial charge in [-0.3, -0.25) is 9.59 Å². The summed E-state index contributed by atoms with van der Waals surface area (Å²) in [6.45, 7) is 3.72. The first-order chi connectivity index (χ1) is 7.38. The maximum Gasteiger partial charge on any atom is 0.311 e. The number of ether oxygens (including phenoxy) is 2. The summed E-state index contributed by atoms with van der Waals surface area (Å²) in [5.74, 6) is -0.468. The zero-order valence-corrected chi connectivity index (χ0v) is 10.5. The number of carbonyl (C=O) groups excluding carboxylic acids is 2. The van der Waals surface area contributed by atoms with Gasteiger partial charge in [-0.15, -0.1) is 0 Å². The Hall–Kier alpha value is -1.06. The minimum absolute atomic E-state index is 0.234. The van der Waals surface area contributed by atoms with Gasteiger partial charge in [0.25, 0.3) is 0 Å². The van der Waals surface area contributed by atoms with Crippen molar-refractivity contribution in [2.24, 2.45) is 10.8 Å². The summed E-state index contributed by atoms with van der Waals surface area (Å²) in [4.78, 5) is 23.4. The summed E-state index contributed by atoms with van der Waals surface area (Å²) in [6, 6.07) is 0. The van der Waals surface area contributed by atoms with E-state index in [1.165, 1.54) is 14.2 Å². The van der Waals surface area contributed by atoms with Crippen molar-refractivity contribution >= 4 is 11.9 Å². The van der Waals surface area contributed by atoms with Crippen molar-refractivity contribution in [1.82, 2.24) is 0 Å². The third-order valence-corrected chi connectivity index (χ3v) is 3.59. The highest BCUT2D eigenvalue weighted by Crippen LogP contribution is 2.47. The molecular formula is C12H20O4. The van der Waals surface area contributed by atoms with Crippen LogP contribution in [0.15, 0.2) is 0 Å². The summed E-state index contributed by atoms with van der Waals surface area (Å²) < 4.78 is 9.62. The predicted octanol–water partition coefficient (Wildman–Crippen LogP) is 1.92. The Kier molecular flexibility index (Phi) is 3.61. The lowest BCUT2D eigenvalue weighted by Crippen LogP contribution is -2.43. The van der Waals surface area contributed by atoms with E-state index in [9.17, 15) is 9.59 Å². The molecule has 16 heavy (non-hydrogen) atoms. The molecule has 0 amide bonds. The van der Waals surface area contributed by atoms with Crippen molar-refractivity contribution in [2.75, 3.05) is 14.2 Å². The van der Waals surface area contributed by atoms with E-state index in [0.717, 1.165) is 19.3 Å². The summed E-state index contributed by atoms with van der Waals surface area (Å²) in [5.41, 5.74) is -1.12. The lowest BCUT2D eigenvalue weighted by molar-refractivity contribution is -0.164. The van der Waals surface area contributed by atoms with E-state index in [0.29, 0.717) is 6.42 Å². The summed E-state index contributed by atoms with van der Waals surface area (Å²) in [5, 5.41) is 0. The summed E-state index contributed by atoms with van der Waals surface area (Å²) >= 11 is 0. The van der Waals surface area contributed by atoms with Gasteiger partial charge in [-0.2, -0.15) is 0 Å². The minimum Gasteiger partial charge on any atom is -0.469 e. The molecule has 0 aromatic carbocycles. The van der Waals surface area contributed by atoms with Crippen molar-refractivity contribution < 1.29 is 19.1 Å². The minimum atomic E-state index is -0.560. The van der Waals surface area contributed by atoms with Gasteiger partial charge >= 0.3 is 11.9 Å². The fourth-order valence-corrected chi connectivity index (χ4v) is 2.75. The highest BCUT2D eigenvalue weighted by Gasteiger charge is 2.48. The molecule has 4 heteroatoms. The van der Waals surface area contributed by atoms with Gasteiger partial charge < -0.3 is 9.47 Å². The van der Waals surface area contributed by atoms with Crippen LogP contribution in [0.1, 0.15) is 39.5 Å². The Morgan fingerprint density at radius 1 is 0.938 bits per heavy atom. The molecule has 1 aliphatic rings. The zero-order valence-electron chi connectivity index (χ0n) is 10.5. The van der Waals surface area contributed by atoms with E-state index >= 15 is 0 Å². The molecule has 1 aliphatic carbocycles. The van der Waals surface area contributed by atoms with E-state index in [2.05, 4.69) is 0 Å². The molecule has 0 saturated heterocycles. The summed E-state index contributed by atoms with van der Waals surface area (Å²) in [7, 11) is 2.77. The first kappa shape index (κ1) is 13.0. The van der Waals surface area contributed by atoms with Gasteiger partial charge in [-0.05, 0) is 33.1 Å². The standard InChI is InChI=1S/C12H20O4/c1-11(9(13)15-3)6-5-7-12(2,8-11)10(14)16-4/h5-8H2,1-4H3. The van der Waals surface area contributed by atoms with E-state index in [-0.39, 0.29) is 11.9 Å². The molecule has 0 aliphatic heterocycles. The van der Waals surface area contributed by atoms with Gasteiger partial charge in [-0.25, -0.2) is 0 Å².